The molecule has 2 aromatic rings. The topological polar surface area (TPSA) is 45.2 Å². The summed E-state index contributed by atoms with van der Waals surface area (Å²) < 4.78 is 0. The van der Waals surface area contributed by atoms with E-state index in [0.29, 0.717) is 17.7 Å². The number of amides is 1. The molecule has 1 aromatic heterocycles. The van der Waals surface area contributed by atoms with E-state index in [0.717, 1.165) is 19.5 Å². The third kappa shape index (κ3) is 2.79. The molecule has 4 nitrogen and oxygen atoms in total. The highest BCUT2D eigenvalue weighted by molar-refractivity contribution is 7.07. The van der Waals surface area contributed by atoms with E-state index >= 15 is 0 Å². The summed E-state index contributed by atoms with van der Waals surface area (Å²) in [5.74, 6) is 0.449. The zero-order valence-corrected chi connectivity index (χ0v) is 13.8. The second kappa shape index (κ2) is 6.42. The molecule has 3 heterocycles. The number of nitrogens with zero attached hydrogens (tertiary/aromatic N) is 2. The van der Waals surface area contributed by atoms with Crippen molar-refractivity contribution < 1.29 is 4.79 Å². The predicted molar refractivity (Wildman–Crippen MR) is 91.8 cm³/mol. The summed E-state index contributed by atoms with van der Waals surface area (Å²) in [6, 6.07) is 11.2. The van der Waals surface area contributed by atoms with Crippen molar-refractivity contribution in [3.05, 3.63) is 52.5 Å². The number of carbonyl (C=O) groups excluding carboxylic acids is 1. The molecule has 4 rings (SSSR count). The van der Waals surface area contributed by atoms with Crippen LogP contribution in [0.5, 0.6) is 0 Å². The molecule has 2 aliphatic rings. The standard InChI is InChI=1S/C18H21N3OS/c22-18(15-11-23-12-20-15)21-10-14(13-6-2-1-3-7-13)17-16(21)8-4-5-9-19-17/h1-3,6-7,11-12,14,16-17,19H,4-5,8-10H2/t14-,16-,17-/m0/s1. The highest BCUT2D eigenvalue weighted by atomic mass is 32.1. The zero-order valence-electron chi connectivity index (χ0n) is 13.0. The van der Waals surface area contributed by atoms with Crippen LogP contribution in [0.2, 0.25) is 0 Å². The van der Waals surface area contributed by atoms with E-state index in [9.17, 15) is 4.79 Å². The Bertz CT molecular complexity index is 658. The summed E-state index contributed by atoms with van der Waals surface area (Å²) in [5, 5.41) is 5.57. The van der Waals surface area contributed by atoms with Gasteiger partial charge in [-0.2, -0.15) is 0 Å². The van der Waals surface area contributed by atoms with Gasteiger partial charge in [-0.3, -0.25) is 4.79 Å². The van der Waals surface area contributed by atoms with Crippen molar-refractivity contribution in [3.8, 4) is 0 Å². The summed E-state index contributed by atoms with van der Waals surface area (Å²) in [5.41, 5.74) is 3.65. The van der Waals surface area contributed by atoms with E-state index in [4.69, 9.17) is 0 Å². The maximum Gasteiger partial charge on any atom is 0.273 e. The van der Waals surface area contributed by atoms with Crippen molar-refractivity contribution in [2.24, 2.45) is 0 Å². The van der Waals surface area contributed by atoms with Crippen LogP contribution in [0.15, 0.2) is 41.2 Å². The first-order chi connectivity index (χ1) is 11.3. The van der Waals surface area contributed by atoms with Crippen molar-refractivity contribution in [2.75, 3.05) is 13.1 Å². The minimum atomic E-state index is 0.0865. The fourth-order valence-corrected chi connectivity index (χ4v) is 4.52. The van der Waals surface area contributed by atoms with Crippen LogP contribution in [0.1, 0.15) is 41.2 Å². The molecule has 2 saturated heterocycles. The molecule has 1 N–H and O–H groups in total. The van der Waals surface area contributed by atoms with Crippen LogP contribution in [-0.4, -0.2) is 41.0 Å². The third-order valence-corrected chi connectivity index (χ3v) is 5.67. The quantitative estimate of drug-likeness (QED) is 0.922. The molecule has 120 valence electrons. The van der Waals surface area contributed by atoms with Gasteiger partial charge in [0.1, 0.15) is 5.69 Å². The van der Waals surface area contributed by atoms with E-state index in [2.05, 4.69) is 45.5 Å². The number of hydrogen-bond acceptors (Lipinski definition) is 4. The number of carbonyl (C=O) groups is 1. The molecule has 5 heteroatoms. The maximum absolute atomic E-state index is 12.9. The van der Waals surface area contributed by atoms with Crippen LogP contribution < -0.4 is 5.32 Å². The van der Waals surface area contributed by atoms with Gasteiger partial charge in [0.15, 0.2) is 0 Å². The Balaban J connectivity index is 1.66. The van der Waals surface area contributed by atoms with Gasteiger partial charge in [0.25, 0.3) is 5.91 Å². The highest BCUT2D eigenvalue weighted by Crippen LogP contribution is 2.36. The first-order valence-electron chi connectivity index (χ1n) is 8.32. The van der Waals surface area contributed by atoms with E-state index < -0.39 is 0 Å². The van der Waals surface area contributed by atoms with Gasteiger partial charge in [-0.1, -0.05) is 36.8 Å². The molecule has 23 heavy (non-hydrogen) atoms. The lowest BCUT2D eigenvalue weighted by Gasteiger charge is -2.27. The van der Waals surface area contributed by atoms with Crippen molar-refractivity contribution in [1.82, 2.24) is 15.2 Å². The van der Waals surface area contributed by atoms with E-state index in [-0.39, 0.29) is 11.9 Å². The van der Waals surface area contributed by atoms with Crippen molar-refractivity contribution in [1.29, 1.82) is 0 Å². The fraction of sp³-hybridized carbons (Fsp3) is 0.444. The molecule has 0 saturated carbocycles. The van der Waals surface area contributed by atoms with Gasteiger partial charge in [0.2, 0.25) is 0 Å². The van der Waals surface area contributed by atoms with Gasteiger partial charge < -0.3 is 10.2 Å². The molecular weight excluding hydrogens is 306 g/mol. The van der Waals surface area contributed by atoms with Gasteiger partial charge in [0, 0.05) is 29.9 Å². The van der Waals surface area contributed by atoms with Gasteiger partial charge in [-0.15, -0.1) is 11.3 Å². The normalized spacial score (nSPS) is 27.5. The summed E-state index contributed by atoms with van der Waals surface area (Å²) in [6.45, 7) is 1.83. The Morgan fingerprint density at radius 3 is 2.91 bits per heavy atom. The lowest BCUT2D eigenvalue weighted by molar-refractivity contribution is 0.0716. The fourth-order valence-electron chi connectivity index (χ4n) is 4.00. The molecule has 2 fully saturated rings. The lowest BCUT2D eigenvalue weighted by atomic mass is 9.90. The first kappa shape index (κ1) is 14.8. The Kier molecular flexibility index (Phi) is 4.14. The molecule has 3 atom stereocenters. The second-order valence-electron chi connectivity index (χ2n) is 6.39. The van der Waals surface area contributed by atoms with E-state index in [1.165, 1.54) is 29.7 Å². The summed E-state index contributed by atoms with van der Waals surface area (Å²) in [6.07, 6.45) is 3.45. The zero-order chi connectivity index (χ0) is 15.6. The molecule has 1 aromatic carbocycles. The molecule has 0 unspecified atom stereocenters. The van der Waals surface area contributed by atoms with Crippen LogP contribution >= 0.6 is 11.3 Å². The molecular formula is C18H21N3OS. The van der Waals surface area contributed by atoms with Crippen LogP contribution in [0, 0.1) is 0 Å². The lowest BCUT2D eigenvalue weighted by Crippen LogP contribution is -2.44. The number of benzene rings is 1. The van der Waals surface area contributed by atoms with E-state index in [1.807, 2.05) is 5.38 Å². The van der Waals surface area contributed by atoms with Gasteiger partial charge in [-0.05, 0) is 24.9 Å². The number of hydrogen-bond donors (Lipinski definition) is 1. The Morgan fingerprint density at radius 2 is 2.13 bits per heavy atom. The first-order valence-corrected chi connectivity index (χ1v) is 9.26. The van der Waals surface area contributed by atoms with Crippen LogP contribution in [0.25, 0.3) is 0 Å². The molecule has 0 aliphatic carbocycles. The summed E-state index contributed by atoms with van der Waals surface area (Å²) in [4.78, 5) is 19.2. The average Bonchev–Trinajstić information content (AvgIpc) is 3.18. The molecule has 1 amide bonds. The summed E-state index contributed by atoms with van der Waals surface area (Å²) in [7, 11) is 0. The number of fused-ring (bicyclic) bond motifs is 1. The third-order valence-electron chi connectivity index (χ3n) is 5.09. The molecule has 0 radical (unpaired) electrons. The minimum absolute atomic E-state index is 0.0865. The molecule has 2 aliphatic heterocycles. The largest absolute Gasteiger partial charge is 0.332 e. The van der Waals surface area contributed by atoms with Crippen molar-refractivity contribution >= 4 is 17.2 Å². The van der Waals surface area contributed by atoms with Crippen LogP contribution in [-0.2, 0) is 0 Å². The second-order valence-corrected chi connectivity index (χ2v) is 7.11. The maximum atomic E-state index is 12.9. The number of likely N-dealkylation sites (tertiary alicyclic amines) is 1. The SMILES string of the molecule is O=C(c1cscn1)N1C[C@@H](c2ccccc2)[C@@H]2NCCCC[C@@H]21. The van der Waals surface area contributed by atoms with Gasteiger partial charge in [0.05, 0.1) is 5.51 Å². The summed E-state index contributed by atoms with van der Waals surface area (Å²) >= 11 is 1.48. The molecule has 0 bridgehead atoms. The number of rotatable bonds is 2. The number of aromatic nitrogens is 1. The van der Waals surface area contributed by atoms with E-state index in [1.54, 1.807) is 5.51 Å². The van der Waals surface area contributed by atoms with Crippen LogP contribution in [0.3, 0.4) is 0 Å². The smallest absolute Gasteiger partial charge is 0.273 e. The Hall–Kier alpha value is -1.72. The van der Waals surface area contributed by atoms with Crippen molar-refractivity contribution in [3.63, 3.8) is 0 Å². The van der Waals surface area contributed by atoms with Gasteiger partial charge >= 0.3 is 0 Å². The van der Waals surface area contributed by atoms with Crippen LogP contribution in [0.4, 0.5) is 0 Å². The minimum Gasteiger partial charge on any atom is -0.332 e. The predicted octanol–water partition coefficient (Wildman–Crippen LogP) is 2.89. The Labute approximate surface area is 140 Å². The Morgan fingerprint density at radius 1 is 1.26 bits per heavy atom. The number of nitrogens with one attached hydrogen (secondary N) is 1. The average molecular weight is 327 g/mol. The number of thiazole rings is 1. The highest BCUT2D eigenvalue weighted by Gasteiger charge is 2.44. The van der Waals surface area contributed by atoms with Gasteiger partial charge in [-0.25, -0.2) is 4.98 Å². The van der Waals surface area contributed by atoms with Crippen molar-refractivity contribution in [2.45, 2.75) is 37.3 Å². The molecule has 0 spiro atoms. The monoisotopic (exact) mass is 327 g/mol.